The Balaban J connectivity index is 1.76. The number of hydrogen-bond acceptors (Lipinski definition) is 6. The molecule has 0 radical (unpaired) electrons. The summed E-state index contributed by atoms with van der Waals surface area (Å²) < 4.78 is 33.8. The number of nitrogens with two attached hydrogens (primary N) is 1. The molecule has 0 aliphatic heterocycles. The number of nitrogens with one attached hydrogen (secondary N) is 1. The summed E-state index contributed by atoms with van der Waals surface area (Å²) >= 11 is 0. The molecule has 9 nitrogen and oxygen atoms in total. The summed E-state index contributed by atoms with van der Waals surface area (Å²) in [5.74, 6) is 0.419. The third kappa shape index (κ3) is 9.41. The van der Waals surface area contributed by atoms with Crippen LogP contribution >= 0.6 is 0 Å². The minimum absolute atomic E-state index is 0.00468. The molecule has 10 heteroatoms. The Morgan fingerprint density at radius 2 is 1.61 bits per heavy atom. The number of amidine groups is 1. The van der Waals surface area contributed by atoms with Crippen molar-refractivity contribution in [2.75, 3.05) is 20.1 Å². The zero-order valence-electron chi connectivity index (χ0n) is 24.0. The van der Waals surface area contributed by atoms with Gasteiger partial charge < -0.3 is 20.9 Å². The molecule has 2 atom stereocenters. The van der Waals surface area contributed by atoms with Gasteiger partial charge in [0.05, 0.1) is 17.0 Å². The number of alkyl carbamates (subject to hydrolysis) is 1. The maximum absolute atomic E-state index is 13.5. The first-order valence-electron chi connectivity index (χ1n) is 13.5. The highest BCUT2D eigenvalue weighted by atomic mass is 32.2. The Hall–Kier alpha value is -3.73. The molecule has 2 unspecified atom stereocenters. The highest BCUT2D eigenvalue weighted by Gasteiger charge is 2.31. The Kier molecular flexibility index (Phi) is 11.5. The molecule has 0 aliphatic rings. The van der Waals surface area contributed by atoms with Gasteiger partial charge in [0.15, 0.2) is 0 Å². The zero-order valence-corrected chi connectivity index (χ0v) is 24.8. The number of aliphatic imine (C=N–C) groups is 1. The van der Waals surface area contributed by atoms with Gasteiger partial charge in [-0.1, -0.05) is 86.1 Å². The Labute approximate surface area is 243 Å². The number of rotatable bonds is 13. The molecule has 3 aromatic rings. The topological polar surface area (TPSA) is 134 Å². The smallest absolute Gasteiger partial charge is 0.407 e. The Bertz CT molecular complexity index is 1390. The molecule has 0 spiro atoms. The van der Waals surface area contributed by atoms with Crippen molar-refractivity contribution in [3.05, 3.63) is 101 Å². The molecule has 0 saturated carbocycles. The van der Waals surface area contributed by atoms with Crippen molar-refractivity contribution in [3.63, 3.8) is 0 Å². The van der Waals surface area contributed by atoms with Crippen LogP contribution in [-0.4, -0.2) is 62.0 Å². The van der Waals surface area contributed by atoms with Gasteiger partial charge in [0.2, 0.25) is 10.0 Å². The van der Waals surface area contributed by atoms with Crippen LogP contribution in [0.3, 0.4) is 0 Å². The van der Waals surface area contributed by atoms with Gasteiger partial charge >= 0.3 is 6.09 Å². The monoisotopic (exact) mass is 580 g/mol. The van der Waals surface area contributed by atoms with Gasteiger partial charge in [0, 0.05) is 25.7 Å². The number of aliphatic hydroxyl groups excluding tert-OH is 1. The quantitative estimate of drug-likeness (QED) is 0.208. The van der Waals surface area contributed by atoms with Crippen LogP contribution in [0.2, 0.25) is 0 Å². The first kappa shape index (κ1) is 31.8. The molecule has 41 heavy (non-hydrogen) atoms. The van der Waals surface area contributed by atoms with Gasteiger partial charge in [-0.3, -0.25) is 4.99 Å². The molecular formula is C31H40N4O5S. The van der Waals surface area contributed by atoms with Crippen LogP contribution in [0.15, 0.2) is 88.8 Å². The van der Waals surface area contributed by atoms with E-state index in [1.165, 1.54) is 4.31 Å². The average Bonchev–Trinajstić information content (AvgIpc) is 2.95. The highest BCUT2D eigenvalue weighted by molar-refractivity contribution is 7.89. The predicted molar refractivity (Wildman–Crippen MR) is 161 cm³/mol. The number of nitrogens with zero attached hydrogens (tertiary/aromatic N) is 2. The van der Waals surface area contributed by atoms with Crippen LogP contribution in [0.5, 0.6) is 0 Å². The van der Waals surface area contributed by atoms with E-state index in [-0.39, 0.29) is 36.9 Å². The standard InChI is InChI=1S/C31H40N4O5S/c1-22(2)19-35(41(38,39)27-16-10-23(3)11-17-27)20-29(36)28(18-24-8-6-5-7-9-24)34-31(37)40-21-25-12-14-26(15-13-25)30(32)33-4/h5-17,22,28-29,36H,18-21H2,1-4H3,(H2,32,33)(H,34,37). The third-order valence-electron chi connectivity index (χ3n) is 6.54. The van der Waals surface area contributed by atoms with E-state index in [4.69, 9.17) is 10.5 Å². The molecule has 0 bridgehead atoms. The fraction of sp³-hybridized carbons (Fsp3) is 0.355. The van der Waals surface area contributed by atoms with Crippen molar-refractivity contribution in [3.8, 4) is 0 Å². The van der Waals surface area contributed by atoms with Crippen LogP contribution in [0, 0.1) is 12.8 Å². The van der Waals surface area contributed by atoms with Crippen molar-refractivity contribution in [1.82, 2.24) is 9.62 Å². The van der Waals surface area contributed by atoms with Crippen LogP contribution in [0.25, 0.3) is 0 Å². The molecular weight excluding hydrogens is 540 g/mol. The normalized spacial score (nSPS) is 13.7. The van der Waals surface area contributed by atoms with Crippen LogP contribution in [0.4, 0.5) is 4.79 Å². The van der Waals surface area contributed by atoms with E-state index in [9.17, 15) is 18.3 Å². The minimum Gasteiger partial charge on any atom is -0.445 e. The molecule has 0 heterocycles. The second-order valence-electron chi connectivity index (χ2n) is 10.4. The van der Waals surface area contributed by atoms with Gasteiger partial charge in [-0.05, 0) is 42.5 Å². The second kappa shape index (κ2) is 14.8. The first-order chi connectivity index (χ1) is 19.5. The molecule has 0 saturated heterocycles. The van der Waals surface area contributed by atoms with E-state index in [0.717, 1.165) is 22.3 Å². The van der Waals surface area contributed by atoms with E-state index in [1.54, 1.807) is 55.6 Å². The molecule has 3 aromatic carbocycles. The van der Waals surface area contributed by atoms with Crippen molar-refractivity contribution in [2.45, 2.75) is 50.8 Å². The maximum atomic E-state index is 13.5. The summed E-state index contributed by atoms with van der Waals surface area (Å²) in [5.41, 5.74) is 9.16. The van der Waals surface area contributed by atoms with E-state index in [2.05, 4.69) is 10.3 Å². The van der Waals surface area contributed by atoms with Crippen molar-refractivity contribution in [1.29, 1.82) is 0 Å². The van der Waals surface area contributed by atoms with E-state index in [0.29, 0.717) is 5.84 Å². The second-order valence-corrected chi connectivity index (χ2v) is 12.4. The number of benzene rings is 3. The predicted octanol–water partition coefficient (Wildman–Crippen LogP) is 3.88. The minimum atomic E-state index is -3.89. The number of sulfonamides is 1. The molecule has 220 valence electrons. The van der Waals surface area contributed by atoms with Crippen molar-refractivity contribution < 1.29 is 23.1 Å². The van der Waals surface area contributed by atoms with Gasteiger partial charge in [-0.25, -0.2) is 13.2 Å². The molecule has 1 amide bonds. The lowest BCUT2D eigenvalue weighted by atomic mass is 10.0. The van der Waals surface area contributed by atoms with Crippen LogP contribution in [0.1, 0.15) is 36.1 Å². The maximum Gasteiger partial charge on any atom is 0.407 e. The lowest BCUT2D eigenvalue weighted by Gasteiger charge is -2.30. The number of hydrogen-bond donors (Lipinski definition) is 3. The summed E-state index contributed by atoms with van der Waals surface area (Å²) in [7, 11) is -2.28. The summed E-state index contributed by atoms with van der Waals surface area (Å²) in [6.07, 6.45) is -1.65. The Morgan fingerprint density at radius 3 is 2.20 bits per heavy atom. The number of ether oxygens (including phenoxy) is 1. The number of aryl methyl sites for hydroxylation is 1. The fourth-order valence-corrected chi connectivity index (χ4v) is 5.89. The first-order valence-corrected chi connectivity index (χ1v) is 15.0. The summed E-state index contributed by atoms with van der Waals surface area (Å²) in [5, 5.41) is 14.1. The lowest BCUT2D eigenvalue weighted by Crippen LogP contribution is -2.51. The number of carbonyl (C=O) groups excluding carboxylic acids is 1. The number of amides is 1. The molecule has 0 aromatic heterocycles. The van der Waals surface area contributed by atoms with Gasteiger partial charge in [-0.15, -0.1) is 0 Å². The Morgan fingerprint density at radius 1 is 0.976 bits per heavy atom. The van der Waals surface area contributed by atoms with Crippen LogP contribution < -0.4 is 11.1 Å². The lowest BCUT2D eigenvalue weighted by molar-refractivity contribution is 0.0873. The zero-order chi connectivity index (χ0) is 30.0. The van der Waals surface area contributed by atoms with Gasteiger partial charge in [-0.2, -0.15) is 4.31 Å². The highest BCUT2D eigenvalue weighted by Crippen LogP contribution is 2.20. The van der Waals surface area contributed by atoms with E-state index < -0.39 is 28.3 Å². The fourth-order valence-electron chi connectivity index (χ4n) is 4.27. The van der Waals surface area contributed by atoms with Crippen molar-refractivity contribution in [2.24, 2.45) is 16.6 Å². The van der Waals surface area contributed by atoms with Crippen molar-refractivity contribution >= 4 is 22.0 Å². The molecule has 0 fully saturated rings. The van der Waals surface area contributed by atoms with E-state index in [1.807, 2.05) is 51.1 Å². The molecule has 4 N–H and O–H groups in total. The SMILES string of the molecule is CN=C(N)c1ccc(COC(=O)NC(Cc2ccccc2)C(O)CN(CC(C)C)S(=O)(=O)c2ccc(C)cc2)cc1. The van der Waals surface area contributed by atoms with Gasteiger partial charge in [0.1, 0.15) is 12.4 Å². The van der Waals surface area contributed by atoms with Gasteiger partial charge in [0.25, 0.3) is 0 Å². The average molecular weight is 581 g/mol. The largest absolute Gasteiger partial charge is 0.445 e. The summed E-state index contributed by atoms with van der Waals surface area (Å²) in [4.78, 5) is 16.9. The third-order valence-corrected chi connectivity index (χ3v) is 8.39. The van der Waals surface area contributed by atoms with Crippen LogP contribution in [-0.2, 0) is 27.8 Å². The molecule has 0 aliphatic carbocycles. The van der Waals surface area contributed by atoms with E-state index >= 15 is 0 Å². The number of carbonyl (C=O) groups is 1. The summed E-state index contributed by atoms with van der Waals surface area (Å²) in [6, 6.07) is 22.3. The number of aliphatic hydroxyl groups is 1. The summed E-state index contributed by atoms with van der Waals surface area (Å²) in [6.45, 7) is 5.73. The molecule has 3 rings (SSSR count).